The Morgan fingerprint density at radius 3 is 2.07 bits per heavy atom. The highest BCUT2D eigenvalue weighted by Gasteiger charge is 2.13. The number of amides is 1. The van der Waals surface area contributed by atoms with E-state index in [2.05, 4.69) is 5.32 Å². The first-order valence-corrected chi connectivity index (χ1v) is 9.58. The number of para-hydroxylation sites is 2. The SMILES string of the molecule is CCC(C)NC(=O)c1ccc(Cn2c(=O)c(=O)n(CC)c3ccccc32)cc1. The molecule has 2 aromatic carbocycles. The topological polar surface area (TPSA) is 73.1 Å². The highest BCUT2D eigenvalue weighted by atomic mass is 16.2. The molecule has 3 aromatic rings. The largest absolute Gasteiger partial charge is 0.350 e. The molecule has 1 atom stereocenters. The van der Waals surface area contributed by atoms with Gasteiger partial charge in [-0.1, -0.05) is 31.2 Å². The van der Waals surface area contributed by atoms with Crippen LogP contribution in [0.5, 0.6) is 0 Å². The fourth-order valence-corrected chi connectivity index (χ4v) is 3.19. The van der Waals surface area contributed by atoms with E-state index in [4.69, 9.17) is 0 Å². The molecule has 146 valence electrons. The van der Waals surface area contributed by atoms with E-state index in [-0.39, 0.29) is 18.5 Å². The molecule has 1 N–H and O–H groups in total. The maximum Gasteiger partial charge on any atom is 0.317 e. The van der Waals surface area contributed by atoms with E-state index in [9.17, 15) is 14.4 Å². The van der Waals surface area contributed by atoms with Crippen molar-refractivity contribution in [1.82, 2.24) is 14.5 Å². The molecule has 0 aliphatic carbocycles. The molecule has 0 aliphatic heterocycles. The molecule has 1 unspecified atom stereocenters. The number of hydrogen-bond donors (Lipinski definition) is 1. The molecule has 1 aromatic heterocycles. The van der Waals surface area contributed by atoms with Crippen molar-refractivity contribution in [2.45, 2.75) is 46.3 Å². The van der Waals surface area contributed by atoms with Crippen molar-refractivity contribution in [3.8, 4) is 0 Å². The molecule has 1 amide bonds. The predicted molar refractivity (Wildman–Crippen MR) is 111 cm³/mol. The van der Waals surface area contributed by atoms with E-state index in [0.29, 0.717) is 17.6 Å². The number of rotatable bonds is 6. The van der Waals surface area contributed by atoms with Crippen LogP contribution >= 0.6 is 0 Å². The van der Waals surface area contributed by atoms with Crippen molar-refractivity contribution < 1.29 is 4.79 Å². The lowest BCUT2D eigenvalue weighted by atomic mass is 10.1. The standard InChI is InChI=1S/C22H25N3O3/c1-4-15(3)23-20(26)17-12-10-16(11-13-17)14-25-19-9-7-6-8-18(19)24(5-2)21(27)22(25)28/h6-13,15H,4-5,14H2,1-3H3,(H,23,26). The van der Waals surface area contributed by atoms with Crippen LogP contribution in [0.2, 0.25) is 0 Å². The first-order valence-electron chi connectivity index (χ1n) is 9.58. The highest BCUT2D eigenvalue weighted by Crippen LogP contribution is 2.13. The van der Waals surface area contributed by atoms with Crippen LogP contribution in [0.15, 0.2) is 58.1 Å². The molecule has 0 fully saturated rings. The number of nitrogens with one attached hydrogen (secondary N) is 1. The highest BCUT2D eigenvalue weighted by molar-refractivity contribution is 5.94. The third kappa shape index (κ3) is 3.76. The number of aromatic nitrogens is 2. The van der Waals surface area contributed by atoms with E-state index in [1.807, 2.05) is 57.2 Å². The molecule has 0 saturated carbocycles. The van der Waals surface area contributed by atoms with Crippen LogP contribution < -0.4 is 16.4 Å². The first-order chi connectivity index (χ1) is 13.5. The Morgan fingerprint density at radius 2 is 1.50 bits per heavy atom. The smallest absolute Gasteiger partial charge is 0.317 e. The second-order valence-electron chi connectivity index (χ2n) is 6.91. The predicted octanol–water partition coefficient (Wildman–Crippen LogP) is 2.76. The van der Waals surface area contributed by atoms with Gasteiger partial charge in [0.2, 0.25) is 0 Å². The molecule has 6 nitrogen and oxygen atoms in total. The Bertz CT molecular complexity index is 1110. The molecule has 0 radical (unpaired) electrons. The van der Waals surface area contributed by atoms with Gasteiger partial charge >= 0.3 is 11.1 Å². The maximum absolute atomic E-state index is 12.7. The zero-order valence-electron chi connectivity index (χ0n) is 16.4. The zero-order valence-corrected chi connectivity index (χ0v) is 16.4. The van der Waals surface area contributed by atoms with Crippen molar-refractivity contribution in [2.75, 3.05) is 0 Å². The van der Waals surface area contributed by atoms with Gasteiger partial charge in [0.05, 0.1) is 17.6 Å². The minimum Gasteiger partial charge on any atom is -0.350 e. The van der Waals surface area contributed by atoms with Crippen LogP contribution in [0.1, 0.15) is 43.1 Å². The molecule has 3 rings (SSSR count). The number of benzene rings is 2. The summed E-state index contributed by atoms with van der Waals surface area (Å²) in [5.74, 6) is -0.117. The monoisotopic (exact) mass is 379 g/mol. The van der Waals surface area contributed by atoms with Gasteiger partial charge in [0.1, 0.15) is 0 Å². The van der Waals surface area contributed by atoms with Gasteiger partial charge in [-0.3, -0.25) is 19.0 Å². The van der Waals surface area contributed by atoms with Gasteiger partial charge in [-0.25, -0.2) is 0 Å². The summed E-state index contributed by atoms with van der Waals surface area (Å²) in [6.07, 6.45) is 0.864. The van der Waals surface area contributed by atoms with Gasteiger partial charge < -0.3 is 9.88 Å². The van der Waals surface area contributed by atoms with Gasteiger partial charge in [-0.2, -0.15) is 0 Å². The summed E-state index contributed by atoms with van der Waals surface area (Å²) < 4.78 is 2.99. The lowest BCUT2D eigenvalue weighted by molar-refractivity contribution is 0.0939. The Labute approximate surface area is 163 Å². The number of carbonyl (C=O) groups excluding carboxylic acids is 1. The number of hydrogen-bond acceptors (Lipinski definition) is 3. The number of nitrogens with zero attached hydrogens (tertiary/aromatic N) is 2. The normalized spacial score (nSPS) is 12.1. The Morgan fingerprint density at radius 1 is 0.929 bits per heavy atom. The van der Waals surface area contributed by atoms with Crippen LogP contribution in [0.4, 0.5) is 0 Å². The van der Waals surface area contributed by atoms with Gasteiger partial charge in [0, 0.05) is 18.2 Å². The molecular formula is C22H25N3O3. The molecule has 0 bridgehead atoms. The summed E-state index contributed by atoms with van der Waals surface area (Å²) in [5, 5.41) is 2.93. The van der Waals surface area contributed by atoms with Gasteiger partial charge in [-0.05, 0) is 50.1 Å². The third-order valence-electron chi connectivity index (χ3n) is 5.00. The molecule has 28 heavy (non-hydrogen) atoms. The Hall–Kier alpha value is -3.15. The Balaban J connectivity index is 1.96. The fraction of sp³-hybridized carbons (Fsp3) is 0.318. The van der Waals surface area contributed by atoms with Crippen LogP contribution in [0.3, 0.4) is 0 Å². The summed E-state index contributed by atoms with van der Waals surface area (Å²) in [7, 11) is 0. The number of carbonyl (C=O) groups is 1. The fourth-order valence-electron chi connectivity index (χ4n) is 3.19. The van der Waals surface area contributed by atoms with Crippen molar-refractivity contribution in [1.29, 1.82) is 0 Å². The molecule has 0 aliphatic rings. The van der Waals surface area contributed by atoms with E-state index in [0.717, 1.165) is 17.5 Å². The van der Waals surface area contributed by atoms with Crippen molar-refractivity contribution in [3.05, 3.63) is 80.4 Å². The lowest BCUT2D eigenvalue weighted by Gasteiger charge is -2.14. The minimum atomic E-state index is -0.542. The molecule has 0 spiro atoms. The molecule has 0 saturated heterocycles. The summed E-state index contributed by atoms with van der Waals surface area (Å²) in [6.45, 7) is 6.54. The van der Waals surface area contributed by atoms with E-state index < -0.39 is 11.1 Å². The first kappa shape index (κ1) is 19.6. The van der Waals surface area contributed by atoms with Crippen LogP contribution in [0, 0.1) is 0 Å². The van der Waals surface area contributed by atoms with Crippen molar-refractivity contribution in [2.24, 2.45) is 0 Å². The average molecular weight is 379 g/mol. The molecular weight excluding hydrogens is 354 g/mol. The number of fused-ring (bicyclic) bond motifs is 1. The van der Waals surface area contributed by atoms with E-state index in [1.165, 1.54) is 9.13 Å². The van der Waals surface area contributed by atoms with Gasteiger partial charge in [-0.15, -0.1) is 0 Å². The van der Waals surface area contributed by atoms with Gasteiger partial charge in [0.25, 0.3) is 5.91 Å². The average Bonchev–Trinajstić information content (AvgIpc) is 2.72. The minimum absolute atomic E-state index is 0.113. The van der Waals surface area contributed by atoms with Crippen LogP contribution in [-0.4, -0.2) is 21.1 Å². The third-order valence-corrected chi connectivity index (χ3v) is 5.00. The zero-order chi connectivity index (χ0) is 20.3. The summed E-state index contributed by atoms with van der Waals surface area (Å²) in [5.41, 5.74) is 1.81. The van der Waals surface area contributed by atoms with E-state index >= 15 is 0 Å². The number of aryl methyl sites for hydroxylation is 1. The second kappa shape index (κ2) is 8.25. The summed E-state index contributed by atoms with van der Waals surface area (Å²) in [4.78, 5) is 37.4. The second-order valence-corrected chi connectivity index (χ2v) is 6.91. The molecule has 1 heterocycles. The molecule has 6 heteroatoms. The van der Waals surface area contributed by atoms with E-state index in [1.54, 1.807) is 12.1 Å². The summed E-state index contributed by atoms with van der Waals surface area (Å²) >= 11 is 0. The summed E-state index contributed by atoms with van der Waals surface area (Å²) in [6, 6.07) is 14.6. The lowest BCUT2D eigenvalue weighted by Crippen LogP contribution is -2.41. The van der Waals surface area contributed by atoms with Crippen molar-refractivity contribution >= 4 is 16.9 Å². The maximum atomic E-state index is 12.7. The van der Waals surface area contributed by atoms with Gasteiger partial charge in [0.15, 0.2) is 0 Å². The van der Waals surface area contributed by atoms with Crippen molar-refractivity contribution in [3.63, 3.8) is 0 Å². The quantitative estimate of drug-likeness (QED) is 0.670. The van der Waals surface area contributed by atoms with Crippen LogP contribution in [-0.2, 0) is 13.1 Å². The Kier molecular flexibility index (Phi) is 5.78. The van der Waals surface area contributed by atoms with Crippen LogP contribution in [0.25, 0.3) is 11.0 Å².